The van der Waals surface area contributed by atoms with Crippen molar-refractivity contribution in [2.75, 3.05) is 32.8 Å². The molecule has 1 fully saturated rings. The second-order valence-corrected chi connectivity index (χ2v) is 5.12. The molecule has 3 nitrogen and oxygen atoms in total. The number of hydrogen-bond acceptors (Lipinski definition) is 3. The summed E-state index contributed by atoms with van der Waals surface area (Å²) >= 11 is 0. The monoisotopic (exact) mass is 266 g/mol. The van der Waals surface area contributed by atoms with E-state index >= 15 is 0 Å². The Hall–Kier alpha value is -0.970. The fraction of sp³-hybridized carbons (Fsp3) is 0.600. The van der Waals surface area contributed by atoms with E-state index in [1.165, 1.54) is 6.07 Å². The van der Waals surface area contributed by atoms with Gasteiger partial charge >= 0.3 is 0 Å². The lowest BCUT2D eigenvalue weighted by Crippen LogP contribution is -2.45. The van der Waals surface area contributed by atoms with E-state index in [0.717, 1.165) is 50.1 Å². The molecule has 106 valence electrons. The van der Waals surface area contributed by atoms with E-state index < -0.39 is 0 Å². The number of piperazine rings is 1. The first-order chi connectivity index (χ1) is 9.24. The Kier molecular flexibility index (Phi) is 5.31. The van der Waals surface area contributed by atoms with Gasteiger partial charge in [-0.15, -0.1) is 0 Å². The van der Waals surface area contributed by atoms with Crippen molar-refractivity contribution < 1.29 is 9.50 Å². The lowest BCUT2D eigenvalue weighted by molar-refractivity contribution is 0.154. The summed E-state index contributed by atoms with van der Waals surface area (Å²) in [5.74, 6) is -0.137. The van der Waals surface area contributed by atoms with Crippen LogP contribution in [0.1, 0.15) is 30.0 Å². The van der Waals surface area contributed by atoms with Gasteiger partial charge in [0.1, 0.15) is 5.82 Å². The summed E-state index contributed by atoms with van der Waals surface area (Å²) in [6.45, 7) is 5.95. The molecule has 2 N–H and O–H groups in total. The van der Waals surface area contributed by atoms with Gasteiger partial charge in [0.2, 0.25) is 0 Å². The third kappa shape index (κ3) is 3.53. The Morgan fingerprint density at radius 3 is 2.79 bits per heavy atom. The molecule has 0 unspecified atom stereocenters. The molecule has 19 heavy (non-hydrogen) atoms. The van der Waals surface area contributed by atoms with Crippen molar-refractivity contribution in [3.8, 4) is 0 Å². The predicted octanol–water partition coefficient (Wildman–Crippen LogP) is 1.85. The molecule has 1 heterocycles. The van der Waals surface area contributed by atoms with Gasteiger partial charge in [0, 0.05) is 38.8 Å². The molecule has 1 aliphatic heterocycles. The van der Waals surface area contributed by atoms with Crippen LogP contribution in [-0.4, -0.2) is 42.8 Å². The molecule has 1 aliphatic rings. The molecule has 1 aromatic carbocycles. The summed E-state index contributed by atoms with van der Waals surface area (Å²) in [4.78, 5) is 2.40. The smallest absolute Gasteiger partial charge is 0.126 e. The number of benzene rings is 1. The van der Waals surface area contributed by atoms with Gasteiger partial charge < -0.3 is 10.4 Å². The first-order valence-corrected chi connectivity index (χ1v) is 7.04. The van der Waals surface area contributed by atoms with Crippen molar-refractivity contribution in [2.24, 2.45) is 0 Å². The van der Waals surface area contributed by atoms with Crippen LogP contribution in [0.25, 0.3) is 0 Å². The van der Waals surface area contributed by atoms with Crippen LogP contribution in [-0.2, 0) is 0 Å². The number of halogens is 1. The number of aliphatic hydroxyl groups is 1. The van der Waals surface area contributed by atoms with Gasteiger partial charge in [-0.05, 0) is 37.0 Å². The van der Waals surface area contributed by atoms with Crippen LogP contribution < -0.4 is 5.32 Å². The Bertz CT molecular complexity index is 405. The van der Waals surface area contributed by atoms with E-state index in [4.69, 9.17) is 5.11 Å². The van der Waals surface area contributed by atoms with E-state index in [0.29, 0.717) is 0 Å². The van der Waals surface area contributed by atoms with Crippen molar-refractivity contribution in [3.63, 3.8) is 0 Å². The molecule has 1 atom stereocenters. The summed E-state index contributed by atoms with van der Waals surface area (Å²) in [6.07, 6.45) is 1.63. The second kappa shape index (κ2) is 6.98. The predicted molar refractivity (Wildman–Crippen MR) is 74.6 cm³/mol. The lowest BCUT2D eigenvalue weighted by Gasteiger charge is -2.36. The molecule has 2 rings (SSSR count). The molecule has 0 saturated carbocycles. The molecule has 1 aromatic rings. The molecule has 0 aromatic heterocycles. The average molecular weight is 266 g/mol. The SMILES string of the molecule is Cc1c(F)cccc1[C@H](CCCO)N1CCNCC1. The van der Waals surface area contributed by atoms with E-state index in [2.05, 4.69) is 10.2 Å². The highest BCUT2D eigenvalue weighted by molar-refractivity contribution is 5.30. The van der Waals surface area contributed by atoms with Crippen molar-refractivity contribution in [2.45, 2.75) is 25.8 Å². The summed E-state index contributed by atoms with van der Waals surface area (Å²) in [5.41, 5.74) is 1.80. The highest BCUT2D eigenvalue weighted by Gasteiger charge is 2.23. The Morgan fingerprint density at radius 2 is 2.11 bits per heavy atom. The molecule has 0 radical (unpaired) electrons. The first kappa shape index (κ1) is 14.4. The molecule has 0 amide bonds. The third-order valence-electron chi connectivity index (χ3n) is 3.90. The van der Waals surface area contributed by atoms with Crippen molar-refractivity contribution in [1.29, 1.82) is 0 Å². The van der Waals surface area contributed by atoms with Crippen LogP contribution in [0.4, 0.5) is 4.39 Å². The number of hydrogen-bond donors (Lipinski definition) is 2. The minimum absolute atomic E-state index is 0.137. The van der Waals surface area contributed by atoms with Crippen LogP contribution in [0.15, 0.2) is 18.2 Å². The summed E-state index contributed by atoms with van der Waals surface area (Å²) < 4.78 is 13.7. The minimum Gasteiger partial charge on any atom is -0.396 e. The van der Waals surface area contributed by atoms with Crippen LogP contribution in [0.2, 0.25) is 0 Å². The van der Waals surface area contributed by atoms with E-state index in [1.807, 2.05) is 13.0 Å². The van der Waals surface area contributed by atoms with Gasteiger partial charge in [0.05, 0.1) is 0 Å². The number of nitrogens with zero attached hydrogens (tertiary/aromatic N) is 1. The van der Waals surface area contributed by atoms with Crippen LogP contribution in [0.5, 0.6) is 0 Å². The van der Waals surface area contributed by atoms with Gasteiger partial charge in [0.15, 0.2) is 0 Å². The number of aliphatic hydroxyl groups excluding tert-OH is 1. The summed E-state index contributed by atoms with van der Waals surface area (Å²) in [6, 6.07) is 5.53. The maximum absolute atomic E-state index is 13.7. The number of rotatable bonds is 5. The second-order valence-electron chi connectivity index (χ2n) is 5.12. The van der Waals surface area contributed by atoms with Gasteiger partial charge in [-0.3, -0.25) is 4.90 Å². The van der Waals surface area contributed by atoms with Crippen molar-refractivity contribution in [1.82, 2.24) is 10.2 Å². The van der Waals surface area contributed by atoms with Gasteiger partial charge in [-0.1, -0.05) is 12.1 Å². The zero-order chi connectivity index (χ0) is 13.7. The van der Waals surface area contributed by atoms with Crippen LogP contribution in [0, 0.1) is 12.7 Å². The fourth-order valence-electron chi connectivity index (χ4n) is 2.80. The van der Waals surface area contributed by atoms with Gasteiger partial charge in [-0.2, -0.15) is 0 Å². The summed E-state index contributed by atoms with van der Waals surface area (Å²) in [7, 11) is 0. The van der Waals surface area contributed by atoms with E-state index in [1.54, 1.807) is 6.07 Å². The molecule has 4 heteroatoms. The quantitative estimate of drug-likeness (QED) is 0.854. The van der Waals surface area contributed by atoms with Gasteiger partial charge in [-0.25, -0.2) is 4.39 Å². The largest absolute Gasteiger partial charge is 0.396 e. The zero-order valence-corrected chi connectivity index (χ0v) is 11.5. The topological polar surface area (TPSA) is 35.5 Å². The molecule has 0 aliphatic carbocycles. The lowest BCUT2D eigenvalue weighted by atomic mass is 9.95. The molecule has 0 spiro atoms. The Balaban J connectivity index is 2.22. The maximum atomic E-state index is 13.7. The molecular weight excluding hydrogens is 243 g/mol. The zero-order valence-electron chi connectivity index (χ0n) is 11.5. The average Bonchev–Trinajstić information content (AvgIpc) is 2.45. The normalized spacial score (nSPS) is 18.5. The molecular formula is C15H23FN2O. The maximum Gasteiger partial charge on any atom is 0.126 e. The van der Waals surface area contributed by atoms with Crippen molar-refractivity contribution >= 4 is 0 Å². The molecule has 1 saturated heterocycles. The highest BCUT2D eigenvalue weighted by Crippen LogP contribution is 2.29. The summed E-state index contributed by atoms with van der Waals surface area (Å²) in [5, 5.41) is 12.4. The van der Waals surface area contributed by atoms with E-state index in [9.17, 15) is 4.39 Å². The Labute approximate surface area is 114 Å². The fourth-order valence-corrected chi connectivity index (χ4v) is 2.80. The minimum atomic E-state index is -0.137. The van der Waals surface area contributed by atoms with Crippen LogP contribution >= 0.6 is 0 Å². The Morgan fingerprint density at radius 1 is 1.37 bits per heavy atom. The molecule has 0 bridgehead atoms. The van der Waals surface area contributed by atoms with Crippen molar-refractivity contribution in [3.05, 3.63) is 35.1 Å². The first-order valence-electron chi connectivity index (χ1n) is 7.04. The standard InChI is InChI=1S/C15H23FN2O/c1-12-13(4-2-5-14(12)16)15(6-3-11-19)18-9-7-17-8-10-18/h2,4-5,15,17,19H,3,6-11H2,1H3/t15-/m0/s1. The van der Waals surface area contributed by atoms with Crippen LogP contribution in [0.3, 0.4) is 0 Å². The van der Waals surface area contributed by atoms with Gasteiger partial charge in [0.25, 0.3) is 0 Å². The third-order valence-corrected chi connectivity index (χ3v) is 3.90. The van der Waals surface area contributed by atoms with E-state index in [-0.39, 0.29) is 18.5 Å². The number of nitrogens with one attached hydrogen (secondary N) is 1. The highest BCUT2D eigenvalue weighted by atomic mass is 19.1.